The number of rotatable bonds is 5. The van der Waals surface area contributed by atoms with E-state index in [1.54, 1.807) is 12.4 Å². The van der Waals surface area contributed by atoms with Crippen molar-refractivity contribution < 1.29 is 4.79 Å². The quantitative estimate of drug-likeness (QED) is 0.734. The molecule has 4 rings (SSSR count). The van der Waals surface area contributed by atoms with Gasteiger partial charge in [-0.05, 0) is 74.4 Å². The van der Waals surface area contributed by atoms with E-state index < -0.39 is 0 Å². The molecule has 5 heteroatoms. The number of carbonyl (C=O) groups excluding carboxylic acids is 1. The summed E-state index contributed by atoms with van der Waals surface area (Å²) >= 11 is 0. The summed E-state index contributed by atoms with van der Waals surface area (Å²) < 4.78 is 2.06. The SMILES string of the molecule is Cc1cccc(-n2ncc3c2CCC[C@H]3NC(=O)CCc2ccncc2)c1C. The summed E-state index contributed by atoms with van der Waals surface area (Å²) in [5, 5.41) is 7.91. The molecule has 1 N–H and O–H groups in total. The van der Waals surface area contributed by atoms with E-state index in [2.05, 4.69) is 52.1 Å². The molecule has 2 aromatic heterocycles. The van der Waals surface area contributed by atoms with Gasteiger partial charge < -0.3 is 5.32 Å². The number of nitrogens with one attached hydrogen (secondary N) is 1. The lowest BCUT2D eigenvalue weighted by molar-refractivity contribution is -0.121. The van der Waals surface area contributed by atoms with Gasteiger partial charge >= 0.3 is 0 Å². The number of hydrogen-bond acceptors (Lipinski definition) is 3. The topological polar surface area (TPSA) is 59.8 Å². The lowest BCUT2D eigenvalue weighted by Crippen LogP contribution is -2.31. The van der Waals surface area contributed by atoms with Gasteiger partial charge in [-0.3, -0.25) is 9.78 Å². The highest BCUT2D eigenvalue weighted by Crippen LogP contribution is 2.32. The number of aromatic nitrogens is 3. The molecule has 2 heterocycles. The first-order valence-corrected chi connectivity index (χ1v) is 9.95. The number of fused-ring (bicyclic) bond motifs is 1. The second-order valence-electron chi connectivity index (χ2n) is 7.55. The Labute approximate surface area is 165 Å². The summed E-state index contributed by atoms with van der Waals surface area (Å²) in [6.07, 6.45) is 9.70. The number of hydrogen-bond donors (Lipinski definition) is 1. The van der Waals surface area contributed by atoms with Gasteiger partial charge in [-0.15, -0.1) is 0 Å². The molecule has 0 radical (unpaired) electrons. The molecular weight excluding hydrogens is 348 g/mol. The Kier molecular flexibility index (Phi) is 5.24. The fraction of sp³-hybridized carbons (Fsp3) is 0.348. The Morgan fingerprint density at radius 1 is 1.21 bits per heavy atom. The molecule has 28 heavy (non-hydrogen) atoms. The van der Waals surface area contributed by atoms with Crippen molar-refractivity contribution in [3.05, 3.63) is 76.9 Å². The highest BCUT2D eigenvalue weighted by atomic mass is 16.1. The lowest BCUT2D eigenvalue weighted by Gasteiger charge is -2.24. The Morgan fingerprint density at radius 2 is 2.04 bits per heavy atom. The van der Waals surface area contributed by atoms with Crippen LogP contribution in [-0.4, -0.2) is 20.7 Å². The molecule has 5 nitrogen and oxygen atoms in total. The van der Waals surface area contributed by atoms with Crippen molar-refractivity contribution in [2.75, 3.05) is 0 Å². The monoisotopic (exact) mass is 374 g/mol. The minimum atomic E-state index is 0.0487. The van der Waals surface area contributed by atoms with Gasteiger partial charge in [0.05, 0.1) is 17.9 Å². The predicted octanol–water partition coefficient (Wildman–Crippen LogP) is 4.01. The van der Waals surface area contributed by atoms with Crippen LogP contribution >= 0.6 is 0 Å². The third kappa shape index (κ3) is 3.70. The maximum absolute atomic E-state index is 12.5. The number of pyridine rings is 1. The predicted molar refractivity (Wildman–Crippen MR) is 109 cm³/mol. The van der Waals surface area contributed by atoms with E-state index in [0.717, 1.165) is 42.5 Å². The van der Waals surface area contributed by atoms with Crippen molar-refractivity contribution in [1.82, 2.24) is 20.1 Å². The van der Waals surface area contributed by atoms with E-state index in [0.29, 0.717) is 6.42 Å². The van der Waals surface area contributed by atoms with Crippen molar-refractivity contribution in [2.45, 2.75) is 52.0 Å². The van der Waals surface area contributed by atoms with Gasteiger partial charge in [0.25, 0.3) is 0 Å². The Balaban J connectivity index is 1.49. The fourth-order valence-corrected chi connectivity index (χ4v) is 3.95. The number of carbonyl (C=O) groups is 1. The molecule has 0 bridgehead atoms. The summed E-state index contributed by atoms with van der Waals surface area (Å²) in [5.41, 5.74) is 7.15. The van der Waals surface area contributed by atoms with Crippen LogP contribution < -0.4 is 5.32 Å². The van der Waals surface area contributed by atoms with Gasteiger partial charge in [-0.1, -0.05) is 12.1 Å². The molecule has 0 unspecified atom stereocenters. The van der Waals surface area contributed by atoms with Crippen LogP contribution in [0.3, 0.4) is 0 Å². The van der Waals surface area contributed by atoms with E-state index >= 15 is 0 Å². The van der Waals surface area contributed by atoms with E-state index in [9.17, 15) is 4.79 Å². The summed E-state index contributed by atoms with van der Waals surface area (Å²) in [7, 11) is 0. The van der Waals surface area contributed by atoms with Crippen molar-refractivity contribution >= 4 is 5.91 Å². The third-order valence-electron chi connectivity index (χ3n) is 5.71. The van der Waals surface area contributed by atoms with Gasteiger partial charge in [0, 0.05) is 30.1 Å². The zero-order valence-electron chi connectivity index (χ0n) is 16.5. The first kappa shape index (κ1) is 18.4. The van der Waals surface area contributed by atoms with E-state index in [1.807, 2.05) is 18.3 Å². The van der Waals surface area contributed by atoms with Crippen LogP contribution in [0, 0.1) is 13.8 Å². The van der Waals surface area contributed by atoms with Crippen LogP contribution in [0.4, 0.5) is 0 Å². The smallest absolute Gasteiger partial charge is 0.220 e. The first-order valence-electron chi connectivity index (χ1n) is 9.95. The number of aryl methyl sites for hydroxylation is 2. The normalized spacial score (nSPS) is 15.9. The van der Waals surface area contributed by atoms with Crippen LogP contribution in [0.15, 0.2) is 48.9 Å². The van der Waals surface area contributed by atoms with Crippen LogP contribution in [0.1, 0.15) is 53.3 Å². The summed E-state index contributed by atoms with van der Waals surface area (Å²) in [6, 6.07) is 10.3. The molecule has 0 fully saturated rings. The fourth-order valence-electron chi connectivity index (χ4n) is 3.95. The molecule has 1 atom stereocenters. The zero-order chi connectivity index (χ0) is 19.5. The molecule has 0 saturated heterocycles. The molecule has 0 saturated carbocycles. The van der Waals surface area contributed by atoms with Gasteiger partial charge in [0.2, 0.25) is 5.91 Å². The minimum absolute atomic E-state index is 0.0487. The molecular formula is C23H26N4O. The first-order chi connectivity index (χ1) is 13.6. The van der Waals surface area contributed by atoms with Crippen LogP contribution in [0.25, 0.3) is 5.69 Å². The summed E-state index contributed by atoms with van der Waals surface area (Å²) in [6.45, 7) is 4.26. The maximum atomic E-state index is 12.5. The standard InChI is InChI=1S/C23H26N4O/c1-16-5-3-7-21(17(16)2)27-22-8-4-6-20(19(22)15-25-27)26-23(28)10-9-18-11-13-24-14-12-18/h3,5,7,11-15,20H,4,6,8-10H2,1-2H3,(H,26,28)/t20-/m1/s1. The third-order valence-corrected chi connectivity index (χ3v) is 5.71. The molecule has 1 aliphatic carbocycles. The molecule has 1 aromatic carbocycles. The Bertz CT molecular complexity index is 978. The molecule has 3 aromatic rings. The molecule has 1 amide bonds. The average molecular weight is 374 g/mol. The second kappa shape index (κ2) is 7.97. The highest BCUT2D eigenvalue weighted by Gasteiger charge is 2.26. The maximum Gasteiger partial charge on any atom is 0.220 e. The summed E-state index contributed by atoms with van der Waals surface area (Å²) in [5.74, 6) is 0.0918. The Hall–Kier alpha value is -2.95. The van der Waals surface area contributed by atoms with Crippen LogP contribution in [0.5, 0.6) is 0 Å². The van der Waals surface area contributed by atoms with Crippen molar-refractivity contribution in [2.24, 2.45) is 0 Å². The molecule has 144 valence electrons. The molecule has 0 aliphatic heterocycles. The largest absolute Gasteiger partial charge is 0.349 e. The van der Waals surface area contributed by atoms with E-state index in [4.69, 9.17) is 0 Å². The number of nitrogens with zero attached hydrogens (tertiary/aromatic N) is 3. The van der Waals surface area contributed by atoms with Gasteiger partial charge in [-0.25, -0.2) is 4.68 Å². The van der Waals surface area contributed by atoms with Crippen molar-refractivity contribution in [1.29, 1.82) is 0 Å². The van der Waals surface area contributed by atoms with Gasteiger partial charge in [0.15, 0.2) is 0 Å². The summed E-state index contributed by atoms with van der Waals surface area (Å²) in [4.78, 5) is 16.5. The van der Waals surface area contributed by atoms with Crippen molar-refractivity contribution in [3.63, 3.8) is 0 Å². The zero-order valence-corrected chi connectivity index (χ0v) is 16.5. The van der Waals surface area contributed by atoms with E-state index in [-0.39, 0.29) is 11.9 Å². The number of benzene rings is 1. The lowest BCUT2D eigenvalue weighted by atomic mass is 9.92. The van der Waals surface area contributed by atoms with E-state index in [1.165, 1.54) is 16.8 Å². The second-order valence-corrected chi connectivity index (χ2v) is 7.55. The molecule has 0 spiro atoms. The van der Waals surface area contributed by atoms with Crippen LogP contribution in [-0.2, 0) is 17.6 Å². The number of amides is 1. The average Bonchev–Trinajstić information content (AvgIpc) is 3.14. The van der Waals surface area contributed by atoms with Crippen LogP contribution in [0.2, 0.25) is 0 Å². The van der Waals surface area contributed by atoms with Gasteiger partial charge in [0.1, 0.15) is 0 Å². The highest BCUT2D eigenvalue weighted by molar-refractivity contribution is 5.76. The Morgan fingerprint density at radius 3 is 2.86 bits per heavy atom. The molecule has 1 aliphatic rings. The van der Waals surface area contributed by atoms with Gasteiger partial charge in [-0.2, -0.15) is 5.10 Å². The minimum Gasteiger partial charge on any atom is -0.349 e. The van der Waals surface area contributed by atoms with Crippen molar-refractivity contribution in [3.8, 4) is 5.69 Å².